The first-order valence-electron chi connectivity index (χ1n) is 4.33. The van der Waals surface area contributed by atoms with E-state index in [-0.39, 0.29) is 7.92 Å². The molecule has 0 N–H and O–H groups in total. The van der Waals surface area contributed by atoms with E-state index in [0.717, 1.165) is 17.0 Å². The van der Waals surface area contributed by atoms with Crippen molar-refractivity contribution in [2.75, 3.05) is 0 Å². The van der Waals surface area contributed by atoms with Gasteiger partial charge < -0.3 is 0 Å². The Morgan fingerprint density at radius 1 is 0.600 bits per heavy atom. The molecule has 62 valence electrons. The van der Waals surface area contributed by atoms with Crippen LogP contribution in [0.15, 0.2) is 0 Å². The number of hydrogen-bond acceptors (Lipinski definition) is 0. The van der Waals surface area contributed by atoms with Crippen molar-refractivity contribution in [1.82, 2.24) is 0 Å². The van der Waals surface area contributed by atoms with E-state index in [9.17, 15) is 0 Å². The Morgan fingerprint density at radius 3 is 0.800 bits per heavy atom. The van der Waals surface area contributed by atoms with Gasteiger partial charge >= 0.3 is 0 Å². The van der Waals surface area contributed by atoms with Gasteiger partial charge in [-0.2, -0.15) is 0 Å². The molecule has 0 aromatic heterocycles. The normalized spacial score (nSPS) is 12.6. The third kappa shape index (κ3) is 3.01. The molecule has 0 aromatic carbocycles. The maximum Gasteiger partial charge on any atom is 0.0624 e. The van der Waals surface area contributed by atoms with E-state index in [1.54, 1.807) is 0 Å². The van der Waals surface area contributed by atoms with Crippen LogP contribution in [0.2, 0.25) is 0 Å². The Balaban J connectivity index is 3.98. The number of rotatable bonds is 3. The summed E-state index contributed by atoms with van der Waals surface area (Å²) in [5.74, 6) is 0. The summed E-state index contributed by atoms with van der Waals surface area (Å²) in [6.07, 6.45) is 0. The first kappa shape index (κ1) is 10.4. The molecule has 0 aliphatic heterocycles. The molecule has 0 saturated carbocycles. The molecular weight excluding hydrogens is 139 g/mol. The van der Waals surface area contributed by atoms with Crippen molar-refractivity contribution < 1.29 is 0 Å². The molecule has 0 nitrogen and oxygen atoms in total. The standard InChI is InChI=1S/C9H21P/c1-7(2)10(8(3)4)9(5)6/h7-9H,1-6H3/p+1. The summed E-state index contributed by atoms with van der Waals surface area (Å²) in [5, 5.41) is 0. The molecular formula is C9H22P+. The molecule has 0 aliphatic carbocycles. The van der Waals surface area contributed by atoms with Crippen LogP contribution in [0.1, 0.15) is 41.5 Å². The monoisotopic (exact) mass is 161 g/mol. The molecule has 0 aromatic rings. The van der Waals surface area contributed by atoms with Gasteiger partial charge in [0.25, 0.3) is 0 Å². The van der Waals surface area contributed by atoms with Crippen molar-refractivity contribution in [3.05, 3.63) is 0 Å². The second-order valence-electron chi connectivity index (χ2n) is 3.96. The lowest BCUT2D eigenvalue weighted by Gasteiger charge is -2.21. The zero-order valence-corrected chi connectivity index (χ0v) is 9.23. The summed E-state index contributed by atoms with van der Waals surface area (Å²) in [4.78, 5) is 0. The van der Waals surface area contributed by atoms with Gasteiger partial charge in [0.2, 0.25) is 0 Å². The lowest BCUT2D eigenvalue weighted by molar-refractivity contribution is 0.946. The molecule has 0 radical (unpaired) electrons. The molecule has 0 spiro atoms. The summed E-state index contributed by atoms with van der Waals surface area (Å²) < 4.78 is 0. The fourth-order valence-corrected chi connectivity index (χ4v) is 6.00. The van der Waals surface area contributed by atoms with Crippen molar-refractivity contribution in [2.45, 2.75) is 58.5 Å². The van der Waals surface area contributed by atoms with E-state index in [1.165, 1.54) is 0 Å². The third-order valence-corrected chi connectivity index (χ3v) is 6.00. The molecule has 10 heavy (non-hydrogen) atoms. The highest BCUT2D eigenvalue weighted by atomic mass is 31.1. The zero-order chi connectivity index (χ0) is 8.31. The average molecular weight is 161 g/mol. The van der Waals surface area contributed by atoms with Crippen molar-refractivity contribution >= 4 is 7.92 Å². The third-order valence-electron chi connectivity index (χ3n) is 2.00. The summed E-state index contributed by atoms with van der Waals surface area (Å²) >= 11 is 0. The predicted octanol–water partition coefficient (Wildman–Crippen LogP) is 3.43. The summed E-state index contributed by atoms with van der Waals surface area (Å²) in [6.45, 7) is 14.2. The Kier molecular flexibility index (Phi) is 4.52. The molecule has 0 heterocycles. The highest BCUT2D eigenvalue weighted by Crippen LogP contribution is 2.49. The minimum Gasteiger partial charge on any atom is -0.0287 e. The van der Waals surface area contributed by atoms with E-state index in [1.807, 2.05) is 0 Å². The largest absolute Gasteiger partial charge is 0.0624 e. The molecule has 0 fully saturated rings. The second-order valence-corrected chi connectivity index (χ2v) is 8.43. The quantitative estimate of drug-likeness (QED) is 0.556. The minimum atomic E-state index is -0.0957. The van der Waals surface area contributed by atoms with Gasteiger partial charge in [-0.3, -0.25) is 0 Å². The maximum atomic E-state index is 2.37. The van der Waals surface area contributed by atoms with Crippen LogP contribution < -0.4 is 0 Å². The molecule has 0 unspecified atom stereocenters. The van der Waals surface area contributed by atoms with E-state index in [0.29, 0.717) is 0 Å². The van der Waals surface area contributed by atoms with Crippen LogP contribution in [-0.2, 0) is 0 Å². The Labute approximate surface area is 67.2 Å². The molecule has 1 heteroatoms. The first-order chi connectivity index (χ1) is 4.46. The van der Waals surface area contributed by atoms with Gasteiger partial charge in [-0.1, -0.05) is 0 Å². The summed E-state index contributed by atoms with van der Waals surface area (Å²) in [6, 6.07) is 0. The Bertz CT molecular complexity index is 65.7. The van der Waals surface area contributed by atoms with Crippen LogP contribution in [0.3, 0.4) is 0 Å². The lowest BCUT2D eigenvalue weighted by Crippen LogP contribution is -2.10. The van der Waals surface area contributed by atoms with E-state index in [4.69, 9.17) is 0 Å². The number of hydrogen-bond donors (Lipinski definition) is 0. The van der Waals surface area contributed by atoms with E-state index in [2.05, 4.69) is 41.5 Å². The van der Waals surface area contributed by atoms with Crippen LogP contribution in [0.5, 0.6) is 0 Å². The second kappa shape index (κ2) is 4.34. The van der Waals surface area contributed by atoms with Crippen molar-refractivity contribution in [2.24, 2.45) is 0 Å². The van der Waals surface area contributed by atoms with Crippen molar-refractivity contribution in [1.29, 1.82) is 0 Å². The van der Waals surface area contributed by atoms with Gasteiger partial charge in [0.15, 0.2) is 0 Å². The summed E-state index contributed by atoms with van der Waals surface area (Å²) in [5.41, 5.74) is 2.81. The smallest absolute Gasteiger partial charge is 0.0287 e. The maximum absolute atomic E-state index is 2.37. The van der Waals surface area contributed by atoms with Crippen LogP contribution in [0.4, 0.5) is 0 Å². The molecule has 0 atom stereocenters. The van der Waals surface area contributed by atoms with Gasteiger partial charge in [0.05, 0.1) is 17.0 Å². The summed E-state index contributed by atoms with van der Waals surface area (Å²) in [7, 11) is -0.0957. The predicted molar refractivity (Wildman–Crippen MR) is 53.7 cm³/mol. The zero-order valence-electron chi connectivity index (χ0n) is 8.23. The Hall–Kier alpha value is 0.430. The van der Waals surface area contributed by atoms with Crippen LogP contribution in [-0.4, -0.2) is 17.0 Å². The highest BCUT2D eigenvalue weighted by molar-refractivity contribution is 7.59. The fourth-order valence-electron chi connectivity index (χ4n) is 2.00. The van der Waals surface area contributed by atoms with Crippen LogP contribution in [0, 0.1) is 0 Å². The van der Waals surface area contributed by atoms with Crippen molar-refractivity contribution in [3.8, 4) is 0 Å². The van der Waals surface area contributed by atoms with E-state index < -0.39 is 0 Å². The molecule has 0 bridgehead atoms. The molecule has 0 saturated heterocycles. The van der Waals surface area contributed by atoms with E-state index >= 15 is 0 Å². The highest BCUT2D eigenvalue weighted by Gasteiger charge is 2.27. The molecule has 0 aliphatic rings. The fraction of sp³-hybridized carbons (Fsp3) is 1.00. The molecule has 0 rings (SSSR count). The van der Waals surface area contributed by atoms with Crippen LogP contribution >= 0.6 is 7.92 Å². The first-order valence-corrected chi connectivity index (χ1v) is 6.06. The van der Waals surface area contributed by atoms with Gasteiger partial charge in [0, 0.05) is 7.92 Å². The van der Waals surface area contributed by atoms with Crippen LogP contribution in [0.25, 0.3) is 0 Å². The lowest BCUT2D eigenvalue weighted by atomic mass is 10.5. The Morgan fingerprint density at radius 2 is 0.800 bits per heavy atom. The molecule has 0 amide bonds. The minimum absolute atomic E-state index is 0.0957. The van der Waals surface area contributed by atoms with Crippen molar-refractivity contribution in [3.63, 3.8) is 0 Å². The SMILES string of the molecule is CC(C)[PH+](C(C)C)C(C)C. The van der Waals surface area contributed by atoms with Gasteiger partial charge in [-0.25, -0.2) is 0 Å². The van der Waals surface area contributed by atoms with Gasteiger partial charge in [-0.15, -0.1) is 0 Å². The van der Waals surface area contributed by atoms with Gasteiger partial charge in [0.1, 0.15) is 0 Å². The topological polar surface area (TPSA) is 0 Å². The average Bonchev–Trinajstić information content (AvgIpc) is 1.59. The van der Waals surface area contributed by atoms with Gasteiger partial charge in [-0.05, 0) is 41.5 Å².